The van der Waals surface area contributed by atoms with Gasteiger partial charge in [-0.1, -0.05) is 54.2 Å². The third kappa shape index (κ3) is 3.85. The number of fused-ring (bicyclic) bond motifs is 4. The number of ether oxygens (including phenoxy) is 1. The molecule has 2 aliphatic rings. The number of anilines is 2. The number of rotatable bonds is 3. The van der Waals surface area contributed by atoms with E-state index in [1.807, 2.05) is 79.8 Å². The van der Waals surface area contributed by atoms with Crippen molar-refractivity contribution in [2.24, 2.45) is 0 Å². The third-order valence-corrected chi connectivity index (χ3v) is 7.86. The van der Waals surface area contributed by atoms with E-state index in [1.165, 1.54) is 0 Å². The molecule has 3 heterocycles. The highest BCUT2D eigenvalue weighted by Gasteiger charge is 2.34. The van der Waals surface area contributed by atoms with Crippen LogP contribution in [0.3, 0.4) is 0 Å². The molecule has 0 saturated carbocycles. The second-order valence-corrected chi connectivity index (χ2v) is 10.3. The van der Waals surface area contributed by atoms with E-state index in [4.69, 9.17) is 9.72 Å². The summed E-state index contributed by atoms with van der Waals surface area (Å²) in [5.41, 5.74) is 4.68. The maximum Gasteiger partial charge on any atom is 0.339 e. The molecule has 1 aromatic heterocycles. The summed E-state index contributed by atoms with van der Waals surface area (Å²) in [6.07, 6.45) is -0.213. The van der Waals surface area contributed by atoms with Crippen LogP contribution in [0.1, 0.15) is 28.5 Å². The number of benzene rings is 3. The van der Waals surface area contributed by atoms with Crippen LogP contribution in [0.2, 0.25) is 0 Å². The van der Waals surface area contributed by atoms with Gasteiger partial charge in [0.05, 0.1) is 22.5 Å². The molecule has 0 aliphatic carbocycles. The van der Waals surface area contributed by atoms with Crippen molar-refractivity contribution in [3.05, 3.63) is 89.6 Å². The Labute approximate surface area is 213 Å². The van der Waals surface area contributed by atoms with Gasteiger partial charge in [0.1, 0.15) is 0 Å². The molecule has 0 N–H and O–H groups in total. The first-order valence-electron chi connectivity index (χ1n) is 12.0. The summed E-state index contributed by atoms with van der Waals surface area (Å²) in [7, 11) is 2.03. The molecule has 0 saturated heterocycles. The van der Waals surface area contributed by atoms with Crippen LogP contribution in [0.15, 0.2) is 82.6 Å². The average molecular weight is 496 g/mol. The van der Waals surface area contributed by atoms with Gasteiger partial charge >= 0.3 is 5.97 Å². The van der Waals surface area contributed by atoms with Crippen LogP contribution in [0.4, 0.5) is 11.4 Å². The molecular formula is C29H25N3O3S. The van der Waals surface area contributed by atoms with Crippen LogP contribution in [0.5, 0.6) is 0 Å². The number of nitrogens with zero attached hydrogens (tertiary/aromatic N) is 3. The monoisotopic (exact) mass is 495 g/mol. The number of hydrogen-bond donors (Lipinski definition) is 0. The summed E-state index contributed by atoms with van der Waals surface area (Å²) in [6.45, 7) is 3.15. The quantitative estimate of drug-likeness (QED) is 0.345. The van der Waals surface area contributed by atoms with Crippen molar-refractivity contribution >= 4 is 45.9 Å². The van der Waals surface area contributed by atoms with Crippen LogP contribution in [-0.4, -0.2) is 41.5 Å². The lowest BCUT2D eigenvalue weighted by atomic mass is 9.96. The third-order valence-electron chi connectivity index (χ3n) is 6.73. The highest BCUT2D eigenvalue weighted by atomic mass is 32.2. The van der Waals surface area contributed by atoms with E-state index >= 15 is 0 Å². The molecule has 36 heavy (non-hydrogen) atoms. The van der Waals surface area contributed by atoms with E-state index in [0.29, 0.717) is 12.1 Å². The Bertz CT molecular complexity index is 1470. The fourth-order valence-electron chi connectivity index (χ4n) is 4.95. The minimum absolute atomic E-state index is 0.284. The van der Waals surface area contributed by atoms with Gasteiger partial charge < -0.3 is 9.64 Å². The first-order valence-corrected chi connectivity index (χ1v) is 12.8. The topological polar surface area (TPSA) is 62.7 Å². The van der Waals surface area contributed by atoms with Gasteiger partial charge in [-0.05, 0) is 44.3 Å². The zero-order valence-electron chi connectivity index (χ0n) is 20.1. The summed E-state index contributed by atoms with van der Waals surface area (Å²) in [5.74, 6) is -0.776. The van der Waals surface area contributed by atoms with Crippen molar-refractivity contribution in [3.8, 4) is 0 Å². The number of carbonyl (C=O) groups is 2. The van der Waals surface area contributed by atoms with Gasteiger partial charge in [-0.2, -0.15) is 0 Å². The molecule has 1 amide bonds. The standard InChI is InChI=1S/C29H25N3O3S/c1-18(28(33)32-23-11-5-7-13-25(23)36-26-14-8-6-12-24(26)32)35-29(34)27-19-9-3-4-10-21(19)30-22-15-16-31(2)17-20(22)27/h3-14,18H,15-17H2,1-2H3. The van der Waals surface area contributed by atoms with Crippen LogP contribution >= 0.6 is 11.8 Å². The van der Waals surface area contributed by atoms with E-state index in [2.05, 4.69) is 4.90 Å². The van der Waals surface area contributed by atoms with Crippen molar-refractivity contribution in [3.63, 3.8) is 0 Å². The molecule has 2 aliphatic heterocycles. The van der Waals surface area contributed by atoms with Crippen LogP contribution in [-0.2, 0) is 22.5 Å². The van der Waals surface area contributed by atoms with Crippen molar-refractivity contribution < 1.29 is 14.3 Å². The number of para-hydroxylation sites is 3. The predicted molar refractivity (Wildman–Crippen MR) is 141 cm³/mol. The second kappa shape index (κ2) is 9.08. The highest BCUT2D eigenvalue weighted by molar-refractivity contribution is 7.99. The number of carbonyl (C=O) groups excluding carboxylic acids is 2. The van der Waals surface area contributed by atoms with Crippen LogP contribution in [0, 0.1) is 0 Å². The molecule has 1 atom stereocenters. The molecule has 1 unspecified atom stereocenters. The number of esters is 1. The first-order chi connectivity index (χ1) is 17.5. The smallest absolute Gasteiger partial charge is 0.339 e. The Morgan fingerprint density at radius 3 is 2.31 bits per heavy atom. The Balaban J connectivity index is 1.36. The summed E-state index contributed by atoms with van der Waals surface area (Å²) < 4.78 is 5.91. The van der Waals surface area contributed by atoms with E-state index in [1.54, 1.807) is 23.6 Å². The van der Waals surface area contributed by atoms with Crippen molar-refractivity contribution in [2.75, 3.05) is 18.5 Å². The Morgan fingerprint density at radius 2 is 1.58 bits per heavy atom. The van der Waals surface area contributed by atoms with Gasteiger partial charge in [-0.3, -0.25) is 14.7 Å². The Morgan fingerprint density at radius 1 is 0.944 bits per heavy atom. The Kier molecular flexibility index (Phi) is 5.74. The summed E-state index contributed by atoms with van der Waals surface area (Å²) >= 11 is 1.63. The van der Waals surface area contributed by atoms with E-state index in [9.17, 15) is 9.59 Å². The van der Waals surface area contributed by atoms with Crippen LogP contribution in [0.25, 0.3) is 10.9 Å². The number of hydrogen-bond acceptors (Lipinski definition) is 6. The maximum atomic E-state index is 13.8. The lowest BCUT2D eigenvalue weighted by Gasteiger charge is -2.32. The largest absolute Gasteiger partial charge is 0.449 e. The van der Waals surface area contributed by atoms with E-state index in [-0.39, 0.29) is 5.91 Å². The maximum absolute atomic E-state index is 13.8. The van der Waals surface area contributed by atoms with E-state index < -0.39 is 12.1 Å². The first kappa shape index (κ1) is 22.8. The predicted octanol–water partition coefficient (Wildman–Crippen LogP) is 5.60. The zero-order valence-corrected chi connectivity index (χ0v) is 20.9. The minimum atomic E-state index is -0.981. The summed E-state index contributed by atoms with van der Waals surface area (Å²) in [4.78, 5) is 38.1. The normalized spacial score (nSPS) is 15.6. The second-order valence-electron chi connectivity index (χ2n) is 9.18. The lowest BCUT2D eigenvalue weighted by molar-refractivity contribution is -0.125. The molecule has 180 valence electrons. The molecule has 0 fully saturated rings. The molecule has 6 nitrogen and oxygen atoms in total. The molecule has 4 aromatic rings. The minimum Gasteiger partial charge on any atom is -0.449 e. The molecule has 0 spiro atoms. The average Bonchev–Trinajstić information content (AvgIpc) is 2.89. The van der Waals surface area contributed by atoms with Crippen LogP contribution < -0.4 is 4.90 Å². The van der Waals surface area contributed by atoms with Gasteiger partial charge in [0.2, 0.25) is 0 Å². The zero-order chi connectivity index (χ0) is 24.8. The molecular weight excluding hydrogens is 470 g/mol. The molecule has 7 heteroatoms. The number of pyridine rings is 1. The van der Waals surface area contributed by atoms with Gasteiger partial charge in [-0.15, -0.1) is 0 Å². The van der Waals surface area contributed by atoms with Gasteiger partial charge in [-0.25, -0.2) is 4.79 Å². The van der Waals surface area contributed by atoms with Crippen molar-refractivity contribution in [1.82, 2.24) is 9.88 Å². The van der Waals surface area contributed by atoms with Crippen molar-refractivity contribution in [2.45, 2.75) is 35.8 Å². The molecule has 6 rings (SSSR count). The highest BCUT2D eigenvalue weighted by Crippen LogP contribution is 2.48. The number of likely N-dealkylation sites (N-methyl/N-ethyl adjacent to an activating group) is 1. The van der Waals surface area contributed by atoms with E-state index in [0.717, 1.165) is 56.3 Å². The molecule has 0 bridgehead atoms. The number of aromatic nitrogens is 1. The fourth-order valence-corrected chi connectivity index (χ4v) is 6.01. The van der Waals surface area contributed by atoms with Gasteiger partial charge in [0, 0.05) is 45.9 Å². The summed E-state index contributed by atoms with van der Waals surface area (Å²) in [5, 5.41) is 0.751. The SMILES string of the molecule is CC(OC(=O)c1c2c(nc3ccccc13)CCN(C)C2)C(=O)N1c2ccccc2Sc2ccccc21. The van der Waals surface area contributed by atoms with Crippen molar-refractivity contribution in [1.29, 1.82) is 0 Å². The number of amides is 1. The van der Waals surface area contributed by atoms with Gasteiger partial charge in [0.25, 0.3) is 5.91 Å². The lowest BCUT2D eigenvalue weighted by Crippen LogP contribution is -2.38. The Hall–Kier alpha value is -3.68. The fraction of sp³-hybridized carbons (Fsp3) is 0.207. The summed E-state index contributed by atoms with van der Waals surface area (Å²) in [6, 6.07) is 23.2. The molecule has 3 aromatic carbocycles. The molecule has 0 radical (unpaired) electrons. The van der Waals surface area contributed by atoms with Gasteiger partial charge in [0.15, 0.2) is 6.10 Å².